The van der Waals surface area contributed by atoms with Crippen molar-refractivity contribution in [2.24, 2.45) is 16.8 Å². The van der Waals surface area contributed by atoms with Crippen molar-refractivity contribution in [1.82, 2.24) is 15.1 Å². The normalized spacial score (nSPS) is 17.8. The third kappa shape index (κ3) is 8.43. The largest absolute Gasteiger partial charge is 0.375 e. The van der Waals surface area contributed by atoms with E-state index in [9.17, 15) is 9.59 Å². The summed E-state index contributed by atoms with van der Waals surface area (Å²) in [5, 5.41) is 3.10. The Hall–Kier alpha value is -3.13. The van der Waals surface area contributed by atoms with Gasteiger partial charge in [-0.25, -0.2) is 4.99 Å². The lowest BCUT2D eigenvalue weighted by molar-refractivity contribution is -0.131. The molecule has 39 heavy (non-hydrogen) atoms. The maximum Gasteiger partial charge on any atom is 0.261 e. The fourth-order valence-corrected chi connectivity index (χ4v) is 4.79. The molecule has 8 heteroatoms. The van der Waals surface area contributed by atoms with E-state index in [2.05, 4.69) is 35.6 Å². The molecule has 3 rings (SSSR count). The summed E-state index contributed by atoms with van der Waals surface area (Å²) in [7, 11) is 3.93. The van der Waals surface area contributed by atoms with Gasteiger partial charge in [0.2, 0.25) is 5.91 Å². The van der Waals surface area contributed by atoms with Gasteiger partial charge in [0, 0.05) is 63.8 Å². The summed E-state index contributed by atoms with van der Waals surface area (Å²) < 4.78 is 6.12. The van der Waals surface area contributed by atoms with Crippen LogP contribution in [0.5, 0.6) is 0 Å². The molecule has 1 N–H and O–H groups in total. The first-order valence-electron chi connectivity index (χ1n) is 14.4. The molecular formula is C31H47N5O3. The number of benzene rings is 1. The van der Waals surface area contributed by atoms with Crippen molar-refractivity contribution >= 4 is 23.7 Å². The smallest absolute Gasteiger partial charge is 0.261 e. The zero-order valence-electron chi connectivity index (χ0n) is 24.7. The molecule has 8 nitrogen and oxygen atoms in total. The Labute approximate surface area is 234 Å². The Morgan fingerprint density at radius 3 is 2.69 bits per heavy atom. The van der Waals surface area contributed by atoms with Crippen LogP contribution in [0.25, 0.3) is 0 Å². The fourth-order valence-electron chi connectivity index (χ4n) is 4.79. The molecule has 0 bridgehead atoms. The molecular weight excluding hydrogens is 490 g/mol. The first kappa shape index (κ1) is 30.4. The quantitative estimate of drug-likeness (QED) is 0.352. The number of carbonyl (C=O) groups excluding carboxylic acids is 2. The highest BCUT2D eigenvalue weighted by Gasteiger charge is 2.32. The number of likely N-dealkylation sites (N-methyl/N-ethyl adjacent to an activating group) is 1. The first-order chi connectivity index (χ1) is 18.7. The molecule has 0 radical (unpaired) electrons. The highest BCUT2D eigenvalue weighted by molar-refractivity contribution is 6.19. The number of anilines is 1. The van der Waals surface area contributed by atoms with Crippen LogP contribution in [0.15, 0.2) is 52.9 Å². The number of hydrogen-bond donors (Lipinski definition) is 1. The van der Waals surface area contributed by atoms with E-state index in [1.165, 1.54) is 0 Å². The van der Waals surface area contributed by atoms with Crippen LogP contribution >= 0.6 is 0 Å². The third-order valence-corrected chi connectivity index (χ3v) is 7.56. The van der Waals surface area contributed by atoms with Crippen LogP contribution in [0, 0.1) is 11.8 Å². The SMILES string of the molecule is C=C(/N=C\C1=C(C(C)CC)N(C)CCN(c2cccc(COC(C)CCN(C)C(=O)C3CC3)c2)C1=O)NCC. The molecule has 0 aromatic heterocycles. The van der Waals surface area contributed by atoms with Gasteiger partial charge in [-0.3, -0.25) is 9.59 Å². The lowest BCUT2D eigenvalue weighted by Gasteiger charge is -2.26. The second-order valence-corrected chi connectivity index (χ2v) is 10.8. The third-order valence-electron chi connectivity index (χ3n) is 7.56. The van der Waals surface area contributed by atoms with Crippen LogP contribution in [0.3, 0.4) is 0 Å². The van der Waals surface area contributed by atoms with E-state index in [0.717, 1.165) is 55.7 Å². The minimum atomic E-state index is -0.0579. The number of nitrogens with zero attached hydrogens (tertiary/aromatic N) is 4. The fraction of sp³-hybridized carbons (Fsp3) is 0.581. The molecule has 0 spiro atoms. The Kier molecular flexibility index (Phi) is 11.2. The van der Waals surface area contributed by atoms with Gasteiger partial charge in [0.05, 0.1) is 18.3 Å². The van der Waals surface area contributed by atoms with Gasteiger partial charge in [0.15, 0.2) is 0 Å². The molecule has 1 heterocycles. The molecule has 2 atom stereocenters. The number of allylic oxidation sites excluding steroid dienone is 1. The molecule has 1 saturated carbocycles. The van der Waals surface area contributed by atoms with E-state index in [4.69, 9.17) is 4.74 Å². The second kappa shape index (κ2) is 14.3. The lowest BCUT2D eigenvalue weighted by atomic mass is 9.98. The summed E-state index contributed by atoms with van der Waals surface area (Å²) in [4.78, 5) is 36.5. The summed E-state index contributed by atoms with van der Waals surface area (Å²) in [6.07, 6.45) is 5.45. The summed E-state index contributed by atoms with van der Waals surface area (Å²) in [6.45, 7) is 15.4. The van der Waals surface area contributed by atoms with Gasteiger partial charge in [-0.05, 0) is 63.1 Å². The van der Waals surface area contributed by atoms with Crippen molar-refractivity contribution < 1.29 is 14.3 Å². The Balaban J connectivity index is 1.72. The van der Waals surface area contributed by atoms with Gasteiger partial charge >= 0.3 is 0 Å². The number of rotatable bonds is 14. The van der Waals surface area contributed by atoms with Crippen LogP contribution < -0.4 is 10.2 Å². The standard InChI is InChI=1S/C31H47N5O3/c1-8-22(3)29-28(20-33-24(5)32-9-2)31(38)36(18-17-34(29)6)27-12-10-11-25(19-27)21-39-23(4)15-16-35(7)30(37)26-13-14-26/h10-12,19-20,22-23,26,32H,5,8-9,13-18,21H2,1-4,6-7H3/b33-20-. The number of hydrogen-bond acceptors (Lipinski definition) is 6. The summed E-state index contributed by atoms with van der Waals surface area (Å²) in [5.74, 6) is 1.19. The van der Waals surface area contributed by atoms with Gasteiger partial charge in [-0.1, -0.05) is 32.6 Å². The Morgan fingerprint density at radius 1 is 1.28 bits per heavy atom. The van der Waals surface area contributed by atoms with E-state index in [-0.39, 0.29) is 29.8 Å². The molecule has 0 saturated heterocycles. The summed E-state index contributed by atoms with van der Waals surface area (Å²) in [5.41, 5.74) is 3.47. The van der Waals surface area contributed by atoms with Crippen LogP contribution in [-0.2, 0) is 20.9 Å². The van der Waals surface area contributed by atoms with Gasteiger partial charge in [0.1, 0.15) is 5.82 Å². The molecule has 2 amide bonds. The van der Waals surface area contributed by atoms with Gasteiger partial charge in [0.25, 0.3) is 5.91 Å². The number of nitrogens with one attached hydrogen (secondary N) is 1. The van der Waals surface area contributed by atoms with Crippen LogP contribution in [-0.4, -0.2) is 74.2 Å². The average molecular weight is 538 g/mol. The molecule has 2 aliphatic rings. The van der Waals surface area contributed by atoms with E-state index >= 15 is 0 Å². The predicted octanol–water partition coefficient (Wildman–Crippen LogP) is 4.58. The van der Waals surface area contributed by atoms with Crippen LogP contribution in [0.1, 0.15) is 58.9 Å². The number of carbonyl (C=O) groups is 2. The highest BCUT2D eigenvalue weighted by Crippen LogP contribution is 2.31. The van der Waals surface area contributed by atoms with Gasteiger partial charge in [-0.15, -0.1) is 0 Å². The summed E-state index contributed by atoms with van der Waals surface area (Å²) >= 11 is 0. The first-order valence-corrected chi connectivity index (χ1v) is 14.4. The molecule has 2 unspecified atom stereocenters. The summed E-state index contributed by atoms with van der Waals surface area (Å²) in [6, 6.07) is 8.01. The van der Waals surface area contributed by atoms with Gasteiger partial charge in [-0.2, -0.15) is 0 Å². The maximum atomic E-state index is 14.0. The zero-order valence-corrected chi connectivity index (χ0v) is 24.7. The van der Waals surface area contributed by atoms with Crippen molar-refractivity contribution in [2.75, 3.05) is 45.2 Å². The molecule has 1 aromatic carbocycles. The minimum Gasteiger partial charge on any atom is -0.375 e. The topological polar surface area (TPSA) is 77.5 Å². The van der Waals surface area contributed by atoms with Crippen LogP contribution in [0.2, 0.25) is 0 Å². The van der Waals surface area contributed by atoms with Crippen molar-refractivity contribution in [3.8, 4) is 0 Å². The van der Waals surface area contributed by atoms with E-state index in [0.29, 0.717) is 31.1 Å². The molecule has 214 valence electrons. The predicted molar refractivity (Wildman–Crippen MR) is 158 cm³/mol. The van der Waals surface area contributed by atoms with E-state index in [1.807, 2.05) is 62.0 Å². The maximum absolute atomic E-state index is 14.0. The molecule has 1 aliphatic carbocycles. The van der Waals surface area contributed by atoms with Crippen molar-refractivity contribution in [3.05, 3.63) is 53.5 Å². The van der Waals surface area contributed by atoms with Crippen molar-refractivity contribution in [1.29, 1.82) is 0 Å². The molecule has 1 fully saturated rings. The second-order valence-electron chi connectivity index (χ2n) is 10.8. The lowest BCUT2D eigenvalue weighted by Crippen LogP contribution is -2.34. The van der Waals surface area contributed by atoms with E-state index in [1.54, 1.807) is 6.21 Å². The number of ether oxygens (including phenoxy) is 1. The zero-order chi connectivity index (χ0) is 28.5. The Bertz CT molecular complexity index is 1080. The monoisotopic (exact) mass is 537 g/mol. The van der Waals surface area contributed by atoms with Crippen molar-refractivity contribution in [3.63, 3.8) is 0 Å². The van der Waals surface area contributed by atoms with Crippen molar-refractivity contribution in [2.45, 2.75) is 66.1 Å². The Morgan fingerprint density at radius 2 is 2.03 bits per heavy atom. The van der Waals surface area contributed by atoms with Crippen LogP contribution in [0.4, 0.5) is 5.69 Å². The van der Waals surface area contributed by atoms with Gasteiger partial charge < -0.3 is 24.8 Å². The van der Waals surface area contributed by atoms with E-state index < -0.39 is 0 Å². The molecule has 1 aromatic rings. The highest BCUT2D eigenvalue weighted by atomic mass is 16.5. The number of aliphatic imine (C=N–C) groups is 1. The number of amides is 2. The minimum absolute atomic E-state index is 0.0187. The average Bonchev–Trinajstić information content (AvgIpc) is 3.78. The molecule has 1 aliphatic heterocycles.